The lowest BCUT2D eigenvalue weighted by atomic mass is 9.87. The Hall–Kier alpha value is -1.00. The van der Waals surface area contributed by atoms with Gasteiger partial charge in [-0.2, -0.15) is 0 Å². The van der Waals surface area contributed by atoms with Crippen molar-refractivity contribution in [2.75, 3.05) is 26.2 Å². The van der Waals surface area contributed by atoms with Crippen LogP contribution in [0.4, 0.5) is 8.78 Å². The Morgan fingerprint density at radius 2 is 1.89 bits per heavy atom. The molecule has 2 heterocycles. The molecule has 0 amide bonds. The van der Waals surface area contributed by atoms with Gasteiger partial charge in [0.2, 0.25) is 0 Å². The van der Waals surface area contributed by atoms with Gasteiger partial charge in [-0.1, -0.05) is 6.07 Å². The molecule has 2 aliphatic rings. The van der Waals surface area contributed by atoms with Crippen molar-refractivity contribution in [3.05, 3.63) is 35.4 Å². The fourth-order valence-corrected chi connectivity index (χ4v) is 3.51. The van der Waals surface area contributed by atoms with Crippen LogP contribution in [0.3, 0.4) is 0 Å². The normalized spacial score (nSPS) is 29.2. The molecule has 0 bridgehead atoms. The zero-order valence-electron chi connectivity index (χ0n) is 11.2. The highest BCUT2D eigenvalue weighted by Crippen LogP contribution is 2.33. The molecule has 2 aliphatic heterocycles. The molecular formula is C15H20F2N2. The van der Waals surface area contributed by atoms with E-state index in [0.29, 0.717) is 5.92 Å². The van der Waals surface area contributed by atoms with Crippen LogP contribution in [-0.4, -0.2) is 31.1 Å². The molecule has 0 radical (unpaired) electrons. The highest BCUT2D eigenvalue weighted by Gasteiger charge is 2.35. The van der Waals surface area contributed by atoms with Crippen LogP contribution < -0.4 is 5.32 Å². The number of hydrogen-bond donors (Lipinski definition) is 1. The van der Waals surface area contributed by atoms with Gasteiger partial charge in [-0.3, -0.25) is 4.90 Å². The molecule has 19 heavy (non-hydrogen) atoms. The third kappa shape index (κ3) is 2.39. The number of fused-ring (bicyclic) bond motifs is 1. The van der Waals surface area contributed by atoms with Crippen molar-refractivity contribution in [1.82, 2.24) is 10.2 Å². The molecule has 1 N–H and O–H groups in total. The SMILES string of the molecule is CC(c1c(F)cccc1F)N1CCC2CNCC2C1. The summed E-state index contributed by atoms with van der Waals surface area (Å²) in [4.78, 5) is 2.22. The topological polar surface area (TPSA) is 15.3 Å². The number of nitrogens with one attached hydrogen (secondary N) is 1. The summed E-state index contributed by atoms with van der Waals surface area (Å²) in [5.74, 6) is 0.512. The van der Waals surface area contributed by atoms with Crippen LogP contribution in [0.25, 0.3) is 0 Å². The van der Waals surface area contributed by atoms with E-state index in [4.69, 9.17) is 0 Å². The Labute approximate surface area is 112 Å². The number of benzene rings is 1. The van der Waals surface area contributed by atoms with Crippen LogP contribution in [0, 0.1) is 23.5 Å². The number of halogens is 2. The van der Waals surface area contributed by atoms with Gasteiger partial charge in [-0.25, -0.2) is 8.78 Å². The maximum Gasteiger partial charge on any atom is 0.130 e. The Balaban J connectivity index is 1.78. The van der Waals surface area contributed by atoms with Gasteiger partial charge in [0.05, 0.1) is 0 Å². The zero-order valence-corrected chi connectivity index (χ0v) is 11.2. The second kappa shape index (κ2) is 5.17. The van der Waals surface area contributed by atoms with Gasteiger partial charge in [0.15, 0.2) is 0 Å². The molecule has 2 fully saturated rings. The highest BCUT2D eigenvalue weighted by atomic mass is 19.1. The summed E-state index contributed by atoms with van der Waals surface area (Å²) in [6.45, 7) is 5.91. The summed E-state index contributed by atoms with van der Waals surface area (Å²) in [6, 6.07) is 3.92. The Bertz CT molecular complexity index is 443. The van der Waals surface area contributed by atoms with Crippen molar-refractivity contribution in [3.63, 3.8) is 0 Å². The van der Waals surface area contributed by atoms with E-state index in [9.17, 15) is 8.78 Å². The van der Waals surface area contributed by atoms with Gasteiger partial charge >= 0.3 is 0 Å². The monoisotopic (exact) mass is 266 g/mol. The average molecular weight is 266 g/mol. The second-order valence-corrected chi connectivity index (χ2v) is 5.77. The predicted molar refractivity (Wildman–Crippen MR) is 70.8 cm³/mol. The van der Waals surface area contributed by atoms with E-state index in [1.54, 1.807) is 0 Å². The fourth-order valence-electron chi connectivity index (χ4n) is 3.51. The third-order valence-corrected chi connectivity index (χ3v) is 4.70. The van der Waals surface area contributed by atoms with Crippen LogP contribution in [0.1, 0.15) is 24.9 Å². The van der Waals surface area contributed by atoms with Crippen molar-refractivity contribution < 1.29 is 8.78 Å². The van der Waals surface area contributed by atoms with E-state index in [1.165, 1.54) is 18.2 Å². The Morgan fingerprint density at radius 3 is 2.63 bits per heavy atom. The van der Waals surface area contributed by atoms with Gasteiger partial charge in [0.1, 0.15) is 11.6 Å². The van der Waals surface area contributed by atoms with Gasteiger partial charge in [0, 0.05) is 18.2 Å². The molecular weight excluding hydrogens is 246 g/mol. The molecule has 0 aliphatic carbocycles. The maximum absolute atomic E-state index is 13.8. The molecule has 0 aromatic heterocycles. The third-order valence-electron chi connectivity index (χ3n) is 4.70. The van der Waals surface area contributed by atoms with Crippen LogP contribution in [0.2, 0.25) is 0 Å². The molecule has 4 heteroatoms. The molecule has 104 valence electrons. The second-order valence-electron chi connectivity index (χ2n) is 5.77. The van der Waals surface area contributed by atoms with E-state index < -0.39 is 11.6 Å². The number of likely N-dealkylation sites (tertiary alicyclic amines) is 1. The lowest BCUT2D eigenvalue weighted by Gasteiger charge is -2.38. The van der Waals surface area contributed by atoms with E-state index in [0.717, 1.165) is 38.5 Å². The minimum atomic E-state index is -0.431. The van der Waals surface area contributed by atoms with Gasteiger partial charge in [0.25, 0.3) is 0 Å². The van der Waals surface area contributed by atoms with Gasteiger partial charge < -0.3 is 5.32 Å². The summed E-state index contributed by atoms with van der Waals surface area (Å²) in [7, 11) is 0. The van der Waals surface area contributed by atoms with Crippen LogP contribution in [-0.2, 0) is 0 Å². The quantitative estimate of drug-likeness (QED) is 0.885. The van der Waals surface area contributed by atoms with E-state index in [1.807, 2.05) is 6.92 Å². The first-order valence-electron chi connectivity index (χ1n) is 7.05. The lowest BCUT2D eigenvalue weighted by Crippen LogP contribution is -2.41. The lowest BCUT2D eigenvalue weighted by molar-refractivity contribution is 0.107. The van der Waals surface area contributed by atoms with Crippen LogP contribution in [0.15, 0.2) is 18.2 Å². The Kier molecular flexibility index (Phi) is 3.54. The van der Waals surface area contributed by atoms with E-state index in [2.05, 4.69) is 10.2 Å². The van der Waals surface area contributed by atoms with Crippen molar-refractivity contribution >= 4 is 0 Å². The van der Waals surface area contributed by atoms with Gasteiger partial charge in [-0.15, -0.1) is 0 Å². The molecule has 3 rings (SSSR count). The average Bonchev–Trinajstić information content (AvgIpc) is 2.85. The van der Waals surface area contributed by atoms with Crippen LogP contribution in [0.5, 0.6) is 0 Å². The summed E-state index contributed by atoms with van der Waals surface area (Å²) < 4.78 is 27.7. The van der Waals surface area contributed by atoms with Crippen molar-refractivity contribution in [3.8, 4) is 0 Å². The number of hydrogen-bond acceptors (Lipinski definition) is 2. The largest absolute Gasteiger partial charge is 0.316 e. The first kappa shape index (κ1) is 13.0. The number of rotatable bonds is 2. The fraction of sp³-hybridized carbons (Fsp3) is 0.600. The van der Waals surface area contributed by atoms with Crippen LogP contribution >= 0.6 is 0 Å². The summed E-state index contributed by atoms with van der Waals surface area (Å²) in [5.41, 5.74) is 0.215. The minimum Gasteiger partial charge on any atom is -0.316 e. The molecule has 3 atom stereocenters. The van der Waals surface area contributed by atoms with Crippen molar-refractivity contribution in [2.24, 2.45) is 11.8 Å². The molecule has 3 unspecified atom stereocenters. The highest BCUT2D eigenvalue weighted by molar-refractivity contribution is 5.23. The number of nitrogens with zero attached hydrogens (tertiary/aromatic N) is 1. The zero-order chi connectivity index (χ0) is 13.4. The maximum atomic E-state index is 13.8. The predicted octanol–water partition coefficient (Wildman–Crippen LogP) is 2.57. The summed E-state index contributed by atoms with van der Waals surface area (Å²) >= 11 is 0. The minimum absolute atomic E-state index is 0.192. The van der Waals surface area contributed by atoms with E-state index in [-0.39, 0.29) is 11.6 Å². The standard InChI is InChI=1S/C15H20F2N2/c1-10(15-13(16)3-2-4-14(15)17)19-6-5-11-7-18-8-12(11)9-19/h2-4,10-12,18H,5-9H2,1H3. The molecule has 1 aromatic rings. The molecule has 2 saturated heterocycles. The molecule has 0 saturated carbocycles. The van der Waals surface area contributed by atoms with Crippen molar-refractivity contribution in [2.45, 2.75) is 19.4 Å². The number of piperidine rings is 1. The first-order chi connectivity index (χ1) is 9.16. The summed E-state index contributed by atoms with van der Waals surface area (Å²) in [6.07, 6.45) is 1.12. The van der Waals surface area contributed by atoms with Gasteiger partial charge in [-0.05, 0) is 56.9 Å². The molecule has 1 aromatic carbocycles. The van der Waals surface area contributed by atoms with E-state index >= 15 is 0 Å². The smallest absolute Gasteiger partial charge is 0.130 e. The van der Waals surface area contributed by atoms with Crippen molar-refractivity contribution in [1.29, 1.82) is 0 Å². The molecule has 2 nitrogen and oxygen atoms in total. The summed E-state index contributed by atoms with van der Waals surface area (Å²) in [5, 5.41) is 3.41. The molecule has 0 spiro atoms. The Morgan fingerprint density at radius 1 is 1.21 bits per heavy atom. The first-order valence-corrected chi connectivity index (χ1v) is 7.05.